The molecule has 0 aliphatic carbocycles. The monoisotopic (exact) mass is 354 g/mol. The van der Waals surface area contributed by atoms with Crippen LogP contribution >= 0.6 is 11.6 Å². The molecule has 1 atom stereocenters. The van der Waals surface area contributed by atoms with Gasteiger partial charge in [-0.1, -0.05) is 0 Å². The van der Waals surface area contributed by atoms with E-state index in [-0.39, 0.29) is 22.3 Å². The molecule has 1 saturated heterocycles. The summed E-state index contributed by atoms with van der Waals surface area (Å²) in [6.45, 7) is 2.53. The molecule has 1 aromatic heterocycles. The number of rotatable bonds is 5. The molecule has 0 N–H and O–H groups in total. The van der Waals surface area contributed by atoms with Gasteiger partial charge in [0.2, 0.25) is 10.0 Å². The molecule has 6 nitrogen and oxygen atoms in total. The van der Waals surface area contributed by atoms with Crippen LogP contribution in [0.1, 0.15) is 19.0 Å². The molecule has 2 heterocycles. The quantitative estimate of drug-likeness (QED) is 0.741. The molecule has 120 valence electrons. The summed E-state index contributed by atoms with van der Waals surface area (Å²) in [5.41, 5.74) is 0.727. The zero-order valence-electron chi connectivity index (χ0n) is 12.0. The van der Waals surface area contributed by atoms with Crippen molar-refractivity contribution in [1.82, 2.24) is 8.87 Å². The number of halogens is 1. The Hall–Kier alpha value is -0.570. The van der Waals surface area contributed by atoms with Crippen molar-refractivity contribution < 1.29 is 16.8 Å². The maximum atomic E-state index is 12.6. The average Bonchev–Trinajstić information content (AvgIpc) is 3.00. The number of aryl methyl sites for hydroxylation is 1. The molecule has 1 unspecified atom stereocenters. The highest BCUT2D eigenvalue weighted by atomic mass is 35.5. The molecule has 1 aliphatic rings. The number of alkyl halides is 1. The van der Waals surface area contributed by atoms with Gasteiger partial charge in [0.05, 0.1) is 17.4 Å². The number of hydrogen-bond donors (Lipinski definition) is 0. The van der Waals surface area contributed by atoms with Crippen LogP contribution in [0.15, 0.2) is 17.2 Å². The van der Waals surface area contributed by atoms with Crippen LogP contribution in [0.5, 0.6) is 0 Å². The van der Waals surface area contributed by atoms with Crippen LogP contribution in [0, 0.1) is 0 Å². The minimum atomic E-state index is -3.71. The van der Waals surface area contributed by atoms with Gasteiger partial charge in [-0.2, -0.15) is 4.31 Å². The van der Waals surface area contributed by atoms with Crippen molar-refractivity contribution in [1.29, 1.82) is 0 Å². The topological polar surface area (TPSA) is 76.5 Å². The van der Waals surface area contributed by atoms with Crippen LogP contribution in [-0.2, 0) is 32.3 Å². The standard InChI is InChI=1S/C12H19ClN2O4S2/c1-3-15-8-12(6-11(15)7-13)21(18,19)14(2)10-4-5-20(16,17)9-10/h6,8,10H,3-5,7,9H2,1-2H3. The molecular formula is C12H19ClN2O4S2. The first-order chi connectivity index (χ1) is 9.71. The highest BCUT2D eigenvalue weighted by molar-refractivity contribution is 7.92. The van der Waals surface area contributed by atoms with Crippen LogP contribution in [0.3, 0.4) is 0 Å². The van der Waals surface area contributed by atoms with E-state index in [1.807, 2.05) is 6.92 Å². The molecule has 1 aromatic rings. The van der Waals surface area contributed by atoms with E-state index in [9.17, 15) is 16.8 Å². The van der Waals surface area contributed by atoms with Crippen molar-refractivity contribution in [3.05, 3.63) is 18.0 Å². The van der Waals surface area contributed by atoms with Gasteiger partial charge < -0.3 is 4.57 Å². The van der Waals surface area contributed by atoms with Gasteiger partial charge in [-0.05, 0) is 19.4 Å². The van der Waals surface area contributed by atoms with Crippen molar-refractivity contribution >= 4 is 31.5 Å². The summed E-state index contributed by atoms with van der Waals surface area (Å²) in [7, 11) is -5.40. The molecule has 0 amide bonds. The maximum absolute atomic E-state index is 12.6. The summed E-state index contributed by atoms with van der Waals surface area (Å²) in [5, 5.41) is 0. The third-order valence-corrected chi connectivity index (χ3v) is 7.74. The van der Waals surface area contributed by atoms with Crippen LogP contribution in [0.2, 0.25) is 0 Å². The lowest BCUT2D eigenvalue weighted by Crippen LogP contribution is -2.37. The number of hydrogen-bond acceptors (Lipinski definition) is 4. The lowest BCUT2D eigenvalue weighted by molar-refractivity contribution is 0.394. The lowest BCUT2D eigenvalue weighted by atomic mass is 10.3. The van der Waals surface area contributed by atoms with E-state index in [0.29, 0.717) is 13.0 Å². The zero-order valence-corrected chi connectivity index (χ0v) is 14.4. The first kappa shape index (κ1) is 16.8. The molecule has 0 bridgehead atoms. The summed E-state index contributed by atoms with van der Waals surface area (Å²) in [5.74, 6) is 0.158. The van der Waals surface area contributed by atoms with Gasteiger partial charge >= 0.3 is 0 Å². The predicted octanol–water partition coefficient (Wildman–Crippen LogP) is 1.05. The predicted molar refractivity (Wildman–Crippen MR) is 81.7 cm³/mol. The van der Waals surface area contributed by atoms with Crippen molar-refractivity contribution in [3.8, 4) is 0 Å². The summed E-state index contributed by atoms with van der Waals surface area (Å²) < 4.78 is 51.2. The van der Waals surface area contributed by atoms with Crippen LogP contribution in [0.4, 0.5) is 0 Å². The molecule has 9 heteroatoms. The Morgan fingerprint density at radius 2 is 2.14 bits per heavy atom. The van der Waals surface area contributed by atoms with Gasteiger partial charge in [-0.3, -0.25) is 0 Å². The maximum Gasteiger partial charge on any atom is 0.244 e. The Morgan fingerprint density at radius 3 is 2.57 bits per heavy atom. The fraction of sp³-hybridized carbons (Fsp3) is 0.667. The molecule has 0 radical (unpaired) electrons. The van der Waals surface area contributed by atoms with E-state index < -0.39 is 25.9 Å². The number of sulfone groups is 1. The molecule has 0 saturated carbocycles. The Labute approximate surface area is 130 Å². The Morgan fingerprint density at radius 1 is 1.48 bits per heavy atom. The van der Waals surface area contributed by atoms with Gasteiger partial charge in [0, 0.05) is 31.5 Å². The highest BCUT2D eigenvalue weighted by Crippen LogP contribution is 2.25. The van der Waals surface area contributed by atoms with E-state index in [0.717, 1.165) is 5.69 Å². The Balaban J connectivity index is 2.31. The van der Waals surface area contributed by atoms with Crippen molar-refractivity contribution in [3.63, 3.8) is 0 Å². The minimum Gasteiger partial charge on any atom is -0.349 e. The number of nitrogens with zero attached hydrogens (tertiary/aromatic N) is 2. The van der Waals surface area contributed by atoms with Crippen LogP contribution in [-0.4, -0.2) is 50.3 Å². The largest absolute Gasteiger partial charge is 0.349 e. The SMILES string of the molecule is CCn1cc(S(=O)(=O)N(C)C2CCS(=O)(=O)C2)cc1CCl. The molecule has 21 heavy (non-hydrogen) atoms. The van der Waals surface area contributed by atoms with E-state index in [1.165, 1.54) is 11.4 Å². The fourth-order valence-electron chi connectivity index (χ4n) is 2.50. The molecule has 1 aliphatic heterocycles. The highest BCUT2D eigenvalue weighted by Gasteiger charge is 2.36. The van der Waals surface area contributed by atoms with Gasteiger partial charge in [-0.25, -0.2) is 16.8 Å². The molecule has 0 aromatic carbocycles. The Bertz CT molecular complexity index is 703. The lowest BCUT2D eigenvalue weighted by Gasteiger charge is -2.22. The fourth-order valence-corrected chi connectivity index (χ4v) is 6.05. The third-order valence-electron chi connectivity index (χ3n) is 3.84. The molecule has 2 rings (SSSR count). The van der Waals surface area contributed by atoms with Crippen LogP contribution < -0.4 is 0 Å². The summed E-state index contributed by atoms with van der Waals surface area (Å²) in [4.78, 5) is 0.159. The first-order valence-corrected chi connectivity index (χ1v) is 10.4. The average molecular weight is 355 g/mol. The second-order valence-corrected chi connectivity index (χ2v) is 9.66. The van der Waals surface area contributed by atoms with Crippen LogP contribution in [0.25, 0.3) is 0 Å². The first-order valence-electron chi connectivity index (χ1n) is 6.64. The summed E-state index contributed by atoms with van der Waals surface area (Å²) in [6.07, 6.45) is 1.89. The second kappa shape index (κ2) is 5.91. The van der Waals surface area contributed by atoms with Gasteiger partial charge in [0.15, 0.2) is 9.84 Å². The Kier molecular flexibility index (Phi) is 4.72. The summed E-state index contributed by atoms with van der Waals surface area (Å²) in [6, 6.07) is 1.05. The molecule has 1 fully saturated rings. The van der Waals surface area contributed by atoms with Crippen molar-refractivity contribution in [2.45, 2.75) is 36.7 Å². The van der Waals surface area contributed by atoms with Gasteiger partial charge in [-0.15, -0.1) is 11.6 Å². The number of aromatic nitrogens is 1. The van der Waals surface area contributed by atoms with Crippen molar-refractivity contribution in [2.75, 3.05) is 18.6 Å². The van der Waals surface area contributed by atoms with Gasteiger partial charge in [0.1, 0.15) is 4.90 Å². The van der Waals surface area contributed by atoms with E-state index in [4.69, 9.17) is 11.6 Å². The van der Waals surface area contributed by atoms with E-state index in [1.54, 1.807) is 16.8 Å². The van der Waals surface area contributed by atoms with Gasteiger partial charge in [0.25, 0.3) is 0 Å². The third kappa shape index (κ3) is 3.28. The van der Waals surface area contributed by atoms with E-state index >= 15 is 0 Å². The minimum absolute atomic E-state index is 0.0421. The number of sulfonamides is 1. The van der Waals surface area contributed by atoms with Crippen molar-refractivity contribution in [2.24, 2.45) is 0 Å². The molecular weight excluding hydrogens is 336 g/mol. The van der Waals surface area contributed by atoms with E-state index in [2.05, 4.69) is 0 Å². The summed E-state index contributed by atoms with van der Waals surface area (Å²) >= 11 is 5.81. The zero-order chi connectivity index (χ0) is 15.8. The second-order valence-electron chi connectivity index (χ2n) is 5.16. The molecule has 0 spiro atoms. The normalized spacial score (nSPS) is 22.0. The smallest absolute Gasteiger partial charge is 0.244 e.